The third-order valence-electron chi connectivity index (χ3n) is 5.34. The Hall–Kier alpha value is -3.45. The van der Waals surface area contributed by atoms with Crippen molar-refractivity contribution in [2.45, 2.75) is 38.6 Å². The second-order valence-electron chi connectivity index (χ2n) is 8.00. The van der Waals surface area contributed by atoms with Crippen molar-refractivity contribution in [2.24, 2.45) is 4.99 Å². The van der Waals surface area contributed by atoms with E-state index in [9.17, 15) is 9.59 Å². The van der Waals surface area contributed by atoms with Gasteiger partial charge in [0.2, 0.25) is 11.8 Å². The Morgan fingerprint density at radius 3 is 2.61 bits per heavy atom. The monoisotopic (exact) mass is 458 g/mol. The SMILES string of the molecule is Cc1ccc(N=C2S[C@@H](CC(=O)NCc3ccccc3)C(=O)N2Cc2ccccn2)c(C)c1. The highest BCUT2D eigenvalue weighted by molar-refractivity contribution is 8.15. The van der Waals surface area contributed by atoms with Gasteiger partial charge in [0, 0.05) is 19.2 Å². The highest BCUT2D eigenvalue weighted by atomic mass is 32.2. The predicted octanol–water partition coefficient (Wildman–Crippen LogP) is 4.54. The Bertz CT molecular complexity index is 1170. The number of nitrogens with one attached hydrogen (secondary N) is 1. The molecule has 1 fully saturated rings. The van der Waals surface area contributed by atoms with Crippen LogP contribution in [-0.2, 0) is 22.7 Å². The Morgan fingerprint density at radius 1 is 1.09 bits per heavy atom. The van der Waals surface area contributed by atoms with E-state index < -0.39 is 5.25 Å². The lowest BCUT2D eigenvalue weighted by Gasteiger charge is -2.16. The van der Waals surface area contributed by atoms with E-state index in [-0.39, 0.29) is 18.2 Å². The van der Waals surface area contributed by atoms with Gasteiger partial charge < -0.3 is 5.32 Å². The molecule has 0 unspecified atom stereocenters. The van der Waals surface area contributed by atoms with Gasteiger partial charge in [0.05, 0.1) is 17.9 Å². The lowest BCUT2D eigenvalue weighted by molar-refractivity contribution is -0.129. The summed E-state index contributed by atoms with van der Waals surface area (Å²) in [6.45, 7) is 4.80. The van der Waals surface area contributed by atoms with Gasteiger partial charge in [-0.05, 0) is 43.2 Å². The summed E-state index contributed by atoms with van der Waals surface area (Å²) in [4.78, 5) is 36.7. The number of aryl methyl sites for hydroxylation is 2. The first-order chi connectivity index (χ1) is 16.0. The fourth-order valence-corrected chi connectivity index (χ4v) is 4.75. The van der Waals surface area contributed by atoms with E-state index >= 15 is 0 Å². The number of aromatic nitrogens is 1. The number of benzene rings is 2. The molecule has 2 aromatic carbocycles. The van der Waals surface area contributed by atoms with Crippen LogP contribution in [0.2, 0.25) is 0 Å². The first-order valence-electron chi connectivity index (χ1n) is 10.8. The lowest BCUT2D eigenvalue weighted by Crippen LogP contribution is -2.34. The third kappa shape index (κ3) is 5.87. The fraction of sp³-hybridized carbons (Fsp3) is 0.231. The van der Waals surface area contributed by atoms with Crippen LogP contribution in [0.15, 0.2) is 77.9 Å². The summed E-state index contributed by atoms with van der Waals surface area (Å²) < 4.78 is 0. The largest absolute Gasteiger partial charge is 0.352 e. The third-order valence-corrected chi connectivity index (χ3v) is 6.51. The standard InChI is InChI=1S/C26H26N4O2S/c1-18-11-12-22(19(2)14-18)29-26-30(17-21-10-6-7-13-27-21)25(32)23(33-26)15-24(31)28-16-20-8-4-3-5-9-20/h3-14,23H,15-17H2,1-2H3,(H,28,31)/t23-/m0/s1. The number of carbonyl (C=O) groups excluding carboxylic acids is 2. The van der Waals surface area contributed by atoms with Crippen LogP contribution in [0.3, 0.4) is 0 Å². The highest BCUT2D eigenvalue weighted by Gasteiger charge is 2.39. The van der Waals surface area contributed by atoms with Crippen molar-refractivity contribution >= 4 is 34.4 Å². The molecule has 4 rings (SSSR count). The molecule has 168 valence electrons. The van der Waals surface area contributed by atoms with Crippen molar-refractivity contribution < 1.29 is 9.59 Å². The quantitative estimate of drug-likeness (QED) is 0.564. The summed E-state index contributed by atoms with van der Waals surface area (Å²) in [7, 11) is 0. The molecule has 0 saturated carbocycles. The van der Waals surface area contributed by atoms with E-state index in [1.165, 1.54) is 11.8 Å². The maximum atomic E-state index is 13.3. The normalized spacial score (nSPS) is 16.9. The molecule has 1 N–H and O–H groups in total. The average Bonchev–Trinajstić information content (AvgIpc) is 3.09. The first-order valence-corrected chi connectivity index (χ1v) is 11.7. The van der Waals surface area contributed by atoms with Crippen molar-refractivity contribution in [1.82, 2.24) is 15.2 Å². The van der Waals surface area contributed by atoms with Crippen LogP contribution in [0, 0.1) is 13.8 Å². The number of pyridine rings is 1. The molecule has 3 aromatic rings. The predicted molar refractivity (Wildman–Crippen MR) is 132 cm³/mol. The second kappa shape index (κ2) is 10.4. The Morgan fingerprint density at radius 2 is 1.88 bits per heavy atom. The molecule has 7 heteroatoms. The Labute approximate surface area is 198 Å². The number of aliphatic imine (C=N–C) groups is 1. The van der Waals surface area contributed by atoms with Crippen molar-refractivity contribution in [3.63, 3.8) is 0 Å². The highest BCUT2D eigenvalue weighted by Crippen LogP contribution is 2.33. The molecule has 1 saturated heterocycles. The number of hydrogen-bond donors (Lipinski definition) is 1. The zero-order chi connectivity index (χ0) is 23.2. The molecule has 2 heterocycles. The van der Waals surface area contributed by atoms with Gasteiger partial charge in [-0.3, -0.25) is 19.5 Å². The zero-order valence-electron chi connectivity index (χ0n) is 18.7. The van der Waals surface area contributed by atoms with Crippen LogP contribution in [0.4, 0.5) is 5.69 Å². The van der Waals surface area contributed by atoms with Gasteiger partial charge in [-0.2, -0.15) is 0 Å². The molecule has 1 aliphatic heterocycles. The Balaban J connectivity index is 1.52. The van der Waals surface area contributed by atoms with Gasteiger partial charge in [-0.1, -0.05) is 65.9 Å². The minimum Gasteiger partial charge on any atom is -0.352 e. The second-order valence-corrected chi connectivity index (χ2v) is 9.17. The summed E-state index contributed by atoms with van der Waals surface area (Å²) >= 11 is 1.34. The van der Waals surface area contributed by atoms with Crippen LogP contribution in [0.25, 0.3) is 0 Å². The molecular weight excluding hydrogens is 432 g/mol. The summed E-state index contributed by atoms with van der Waals surface area (Å²) in [5, 5.41) is 2.99. The lowest BCUT2D eigenvalue weighted by atomic mass is 10.1. The molecule has 0 radical (unpaired) electrons. The molecule has 6 nitrogen and oxygen atoms in total. The minimum atomic E-state index is -0.519. The summed E-state index contributed by atoms with van der Waals surface area (Å²) in [5.74, 6) is -0.278. The van der Waals surface area contributed by atoms with Gasteiger partial charge in [0.1, 0.15) is 5.25 Å². The first kappa shape index (κ1) is 22.7. The minimum absolute atomic E-state index is 0.0982. The molecule has 0 spiro atoms. The number of thioether (sulfide) groups is 1. The van der Waals surface area contributed by atoms with Crippen molar-refractivity contribution in [1.29, 1.82) is 0 Å². The summed E-state index contributed by atoms with van der Waals surface area (Å²) in [5.41, 5.74) is 4.80. The van der Waals surface area contributed by atoms with Crippen LogP contribution in [-0.4, -0.2) is 32.1 Å². The number of amides is 2. The maximum Gasteiger partial charge on any atom is 0.243 e. The van der Waals surface area contributed by atoms with Crippen LogP contribution in [0.1, 0.15) is 28.8 Å². The zero-order valence-corrected chi connectivity index (χ0v) is 19.5. The van der Waals surface area contributed by atoms with Gasteiger partial charge in [-0.25, -0.2) is 4.99 Å². The van der Waals surface area contributed by atoms with E-state index in [1.807, 2.05) is 74.5 Å². The maximum absolute atomic E-state index is 13.3. The number of nitrogens with zero attached hydrogens (tertiary/aromatic N) is 3. The van der Waals surface area contributed by atoms with Gasteiger partial charge in [0.15, 0.2) is 5.17 Å². The van der Waals surface area contributed by atoms with Crippen molar-refractivity contribution in [2.75, 3.05) is 0 Å². The van der Waals surface area contributed by atoms with Gasteiger partial charge in [-0.15, -0.1) is 0 Å². The van der Waals surface area contributed by atoms with Crippen LogP contribution < -0.4 is 5.32 Å². The topological polar surface area (TPSA) is 74.7 Å². The van der Waals surface area contributed by atoms with E-state index in [4.69, 9.17) is 4.99 Å². The molecule has 1 atom stereocenters. The summed E-state index contributed by atoms with van der Waals surface area (Å²) in [6, 6.07) is 21.4. The van der Waals surface area contributed by atoms with E-state index in [1.54, 1.807) is 11.1 Å². The fourth-order valence-electron chi connectivity index (χ4n) is 3.60. The average molecular weight is 459 g/mol. The van der Waals surface area contributed by atoms with E-state index in [0.29, 0.717) is 18.3 Å². The molecular formula is C26H26N4O2S. The Kier molecular flexibility index (Phi) is 7.19. The van der Waals surface area contributed by atoms with Crippen molar-refractivity contribution in [3.05, 3.63) is 95.3 Å². The summed E-state index contributed by atoms with van der Waals surface area (Å²) in [6.07, 6.45) is 1.80. The van der Waals surface area contributed by atoms with E-state index in [0.717, 1.165) is 28.1 Å². The number of rotatable bonds is 7. The van der Waals surface area contributed by atoms with E-state index in [2.05, 4.69) is 16.4 Å². The van der Waals surface area contributed by atoms with Crippen LogP contribution >= 0.6 is 11.8 Å². The number of hydrogen-bond acceptors (Lipinski definition) is 5. The molecule has 1 aliphatic rings. The molecule has 2 amide bonds. The number of amidine groups is 1. The van der Waals surface area contributed by atoms with Crippen LogP contribution in [0.5, 0.6) is 0 Å². The molecule has 33 heavy (non-hydrogen) atoms. The molecule has 1 aromatic heterocycles. The van der Waals surface area contributed by atoms with Crippen molar-refractivity contribution in [3.8, 4) is 0 Å². The number of carbonyl (C=O) groups is 2. The van der Waals surface area contributed by atoms with Gasteiger partial charge in [0.25, 0.3) is 0 Å². The molecule has 0 aliphatic carbocycles. The smallest absolute Gasteiger partial charge is 0.243 e. The molecule has 0 bridgehead atoms. The van der Waals surface area contributed by atoms with Gasteiger partial charge >= 0.3 is 0 Å².